The molecular formula is C30H37N3O5S. The Labute approximate surface area is 231 Å². The molecule has 0 saturated heterocycles. The second kappa shape index (κ2) is 14.3. The normalized spacial score (nSPS) is 11.9. The van der Waals surface area contributed by atoms with Crippen LogP contribution in [0.2, 0.25) is 0 Å². The second-order valence-electron chi connectivity index (χ2n) is 9.06. The number of anilines is 1. The molecule has 0 aliphatic heterocycles. The fourth-order valence-electron chi connectivity index (χ4n) is 4.28. The van der Waals surface area contributed by atoms with Gasteiger partial charge in [-0.25, -0.2) is 8.42 Å². The number of rotatable bonds is 14. The number of carbonyl (C=O) groups excluding carboxylic acids is 2. The number of carbonyl (C=O) groups is 2. The highest BCUT2D eigenvalue weighted by Gasteiger charge is 2.33. The molecular weight excluding hydrogens is 514 g/mol. The Morgan fingerprint density at radius 3 is 2.21 bits per heavy atom. The lowest BCUT2D eigenvalue weighted by Gasteiger charge is -2.33. The molecule has 0 aromatic heterocycles. The molecule has 9 heteroatoms. The molecule has 0 aliphatic carbocycles. The molecule has 208 valence electrons. The van der Waals surface area contributed by atoms with Crippen LogP contribution in [0.25, 0.3) is 0 Å². The monoisotopic (exact) mass is 551 g/mol. The van der Waals surface area contributed by atoms with Gasteiger partial charge < -0.3 is 15.0 Å². The SMILES string of the molecule is CCCNC(=O)C(CC)N(CCc1ccccc1)C(=O)CN(c1cccc(OC)c1)S(=O)(=O)c1ccccc1. The summed E-state index contributed by atoms with van der Waals surface area (Å²) in [5.41, 5.74) is 1.30. The number of methoxy groups -OCH3 is 1. The fraction of sp³-hybridized carbons (Fsp3) is 0.333. The summed E-state index contributed by atoms with van der Waals surface area (Å²) in [7, 11) is -2.62. The smallest absolute Gasteiger partial charge is 0.264 e. The minimum atomic E-state index is -4.11. The summed E-state index contributed by atoms with van der Waals surface area (Å²) in [4.78, 5) is 28.6. The largest absolute Gasteiger partial charge is 0.497 e. The molecule has 3 aromatic carbocycles. The Morgan fingerprint density at radius 1 is 0.923 bits per heavy atom. The lowest BCUT2D eigenvalue weighted by molar-refractivity contribution is -0.139. The van der Waals surface area contributed by atoms with E-state index in [0.717, 1.165) is 16.3 Å². The highest BCUT2D eigenvalue weighted by molar-refractivity contribution is 7.92. The summed E-state index contributed by atoms with van der Waals surface area (Å²) in [5, 5.41) is 2.89. The zero-order valence-corrected chi connectivity index (χ0v) is 23.6. The molecule has 1 atom stereocenters. The third-order valence-electron chi connectivity index (χ3n) is 6.37. The van der Waals surface area contributed by atoms with Crippen LogP contribution in [0.15, 0.2) is 89.8 Å². The average Bonchev–Trinajstić information content (AvgIpc) is 2.97. The molecule has 0 aliphatic rings. The molecule has 0 heterocycles. The van der Waals surface area contributed by atoms with Crippen molar-refractivity contribution in [2.24, 2.45) is 0 Å². The van der Waals surface area contributed by atoms with Gasteiger partial charge in [-0.05, 0) is 49.1 Å². The molecule has 0 fully saturated rings. The van der Waals surface area contributed by atoms with E-state index in [4.69, 9.17) is 4.74 Å². The van der Waals surface area contributed by atoms with Gasteiger partial charge >= 0.3 is 0 Å². The van der Waals surface area contributed by atoms with E-state index >= 15 is 0 Å². The summed E-state index contributed by atoms with van der Waals surface area (Å²) in [6.07, 6.45) is 1.68. The molecule has 8 nitrogen and oxygen atoms in total. The van der Waals surface area contributed by atoms with E-state index in [-0.39, 0.29) is 23.0 Å². The standard InChI is InChI=1S/C30H37N3O5S/c1-4-20-31-30(35)28(5-2)32(21-19-24-13-8-6-9-14-24)29(34)23-33(25-15-12-16-26(22-25)38-3)39(36,37)27-17-10-7-11-18-27/h6-18,22,28H,4-5,19-21,23H2,1-3H3,(H,31,35). The molecule has 0 radical (unpaired) electrons. The maximum absolute atomic E-state index is 14.0. The first-order valence-corrected chi connectivity index (χ1v) is 14.6. The van der Waals surface area contributed by atoms with E-state index < -0.39 is 28.5 Å². The van der Waals surface area contributed by atoms with Crippen LogP contribution in [-0.2, 0) is 26.0 Å². The topological polar surface area (TPSA) is 96.0 Å². The van der Waals surface area contributed by atoms with Crippen molar-refractivity contribution in [1.82, 2.24) is 10.2 Å². The summed E-state index contributed by atoms with van der Waals surface area (Å²) in [6, 6.07) is 23.5. The van der Waals surface area contributed by atoms with E-state index in [9.17, 15) is 18.0 Å². The van der Waals surface area contributed by atoms with Crippen LogP contribution in [0, 0.1) is 0 Å². The van der Waals surface area contributed by atoms with Crippen molar-refractivity contribution in [3.8, 4) is 5.75 Å². The number of ether oxygens (including phenoxy) is 1. The van der Waals surface area contributed by atoms with Crippen LogP contribution < -0.4 is 14.4 Å². The van der Waals surface area contributed by atoms with E-state index in [2.05, 4.69) is 5.32 Å². The van der Waals surface area contributed by atoms with E-state index in [1.165, 1.54) is 24.1 Å². The van der Waals surface area contributed by atoms with Gasteiger partial charge in [0.2, 0.25) is 11.8 Å². The van der Waals surface area contributed by atoms with Gasteiger partial charge in [-0.3, -0.25) is 13.9 Å². The third kappa shape index (κ3) is 7.83. The Hall–Kier alpha value is -3.85. The van der Waals surface area contributed by atoms with Crippen molar-refractivity contribution in [2.75, 3.05) is 31.0 Å². The van der Waals surface area contributed by atoms with Crippen LogP contribution in [0.1, 0.15) is 32.3 Å². The van der Waals surface area contributed by atoms with Gasteiger partial charge in [0, 0.05) is 19.2 Å². The predicted molar refractivity (Wildman–Crippen MR) is 153 cm³/mol. The average molecular weight is 552 g/mol. The molecule has 3 rings (SSSR count). The number of sulfonamides is 1. The minimum Gasteiger partial charge on any atom is -0.497 e. The zero-order chi connectivity index (χ0) is 28.3. The lowest BCUT2D eigenvalue weighted by atomic mass is 10.1. The molecule has 0 bridgehead atoms. The molecule has 39 heavy (non-hydrogen) atoms. The fourth-order valence-corrected chi connectivity index (χ4v) is 5.70. The highest BCUT2D eigenvalue weighted by atomic mass is 32.2. The molecule has 1 unspecified atom stereocenters. The molecule has 0 saturated carbocycles. The maximum Gasteiger partial charge on any atom is 0.264 e. The molecule has 3 aromatic rings. The number of hydrogen-bond donors (Lipinski definition) is 1. The minimum absolute atomic E-state index is 0.0594. The second-order valence-corrected chi connectivity index (χ2v) is 10.9. The Morgan fingerprint density at radius 2 is 1.59 bits per heavy atom. The van der Waals surface area contributed by atoms with Crippen molar-refractivity contribution < 1.29 is 22.7 Å². The number of nitrogens with zero attached hydrogens (tertiary/aromatic N) is 2. The molecule has 0 spiro atoms. The van der Waals surface area contributed by atoms with Crippen LogP contribution >= 0.6 is 0 Å². The van der Waals surface area contributed by atoms with E-state index in [0.29, 0.717) is 25.1 Å². The zero-order valence-electron chi connectivity index (χ0n) is 22.7. The first kappa shape index (κ1) is 29.7. The molecule has 1 N–H and O–H groups in total. The summed E-state index contributed by atoms with van der Waals surface area (Å²) in [6.45, 7) is 4.09. The quantitative estimate of drug-likeness (QED) is 0.323. The first-order valence-electron chi connectivity index (χ1n) is 13.1. The summed E-state index contributed by atoms with van der Waals surface area (Å²) < 4.78 is 34.0. The van der Waals surface area contributed by atoms with Crippen molar-refractivity contribution in [3.63, 3.8) is 0 Å². The summed E-state index contributed by atoms with van der Waals surface area (Å²) in [5.74, 6) is -0.258. The number of benzene rings is 3. The van der Waals surface area contributed by atoms with E-state index in [1.54, 1.807) is 42.5 Å². The Kier molecular flexibility index (Phi) is 10.9. The molecule has 2 amide bonds. The number of nitrogens with one attached hydrogen (secondary N) is 1. The van der Waals surface area contributed by atoms with Crippen molar-refractivity contribution in [3.05, 3.63) is 90.5 Å². The van der Waals surface area contributed by atoms with Gasteiger partial charge in [0.1, 0.15) is 18.3 Å². The number of hydrogen-bond acceptors (Lipinski definition) is 5. The Balaban J connectivity index is 2.00. The van der Waals surface area contributed by atoms with Gasteiger partial charge in [-0.1, -0.05) is 68.4 Å². The van der Waals surface area contributed by atoms with Gasteiger partial charge in [0.15, 0.2) is 0 Å². The first-order chi connectivity index (χ1) is 18.8. The predicted octanol–water partition coefficient (Wildman–Crippen LogP) is 4.27. The van der Waals surface area contributed by atoms with Crippen LogP contribution in [0.4, 0.5) is 5.69 Å². The van der Waals surface area contributed by atoms with Crippen molar-refractivity contribution in [1.29, 1.82) is 0 Å². The number of amides is 2. The van der Waals surface area contributed by atoms with Gasteiger partial charge in [-0.2, -0.15) is 0 Å². The van der Waals surface area contributed by atoms with Crippen molar-refractivity contribution in [2.45, 2.75) is 44.0 Å². The van der Waals surface area contributed by atoms with Gasteiger partial charge in [0.05, 0.1) is 17.7 Å². The third-order valence-corrected chi connectivity index (χ3v) is 8.16. The van der Waals surface area contributed by atoms with Crippen LogP contribution in [0.5, 0.6) is 5.75 Å². The van der Waals surface area contributed by atoms with Crippen LogP contribution in [0.3, 0.4) is 0 Å². The van der Waals surface area contributed by atoms with Crippen molar-refractivity contribution >= 4 is 27.5 Å². The Bertz CT molecular complexity index is 1320. The lowest BCUT2D eigenvalue weighted by Crippen LogP contribution is -2.53. The van der Waals surface area contributed by atoms with Gasteiger partial charge in [0.25, 0.3) is 10.0 Å². The summed E-state index contributed by atoms with van der Waals surface area (Å²) >= 11 is 0. The van der Waals surface area contributed by atoms with Crippen LogP contribution in [-0.4, -0.2) is 57.9 Å². The maximum atomic E-state index is 14.0. The highest BCUT2D eigenvalue weighted by Crippen LogP contribution is 2.27. The van der Waals surface area contributed by atoms with E-state index in [1.807, 2.05) is 44.2 Å². The van der Waals surface area contributed by atoms with Gasteiger partial charge in [-0.15, -0.1) is 0 Å².